The lowest BCUT2D eigenvalue weighted by Crippen LogP contribution is -2.77. The monoisotopic (exact) mass is 510 g/mol. The van der Waals surface area contributed by atoms with Gasteiger partial charge in [0, 0.05) is 37.0 Å². The highest BCUT2D eigenvalue weighted by Crippen LogP contribution is 2.64. The molecule has 7 atom stereocenters. The number of halogens is 1. The van der Waals surface area contributed by atoms with Crippen LogP contribution in [0.2, 0.25) is 0 Å². The highest BCUT2D eigenvalue weighted by Gasteiger charge is 2.73. The normalized spacial score (nSPS) is 40.9. The van der Waals surface area contributed by atoms with Gasteiger partial charge in [0.1, 0.15) is 18.2 Å². The van der Waals surface area contributed by atoms with Gasteiger partial charge >= 0.3 is 5.97 Å². The quantitative estimate of drug-likeness (QED) is 0.319. The molecule has 7 nitrogen and oxygen atoms in total. The van der Waals surface area contributed by atoms with Gasteiger partial charge in [-0.25, -0.2) is 4.39 Å². The number of ether oxygens (including phenoxy) is 3. The average molecular weight is 511 g/mol. The Morgan fingerprint density at radius 3 is 2.47 bits per heavy atom. The van der Waals surface area contributed by atoms with Gasteiger partial charge in [-0.15, -0.1) is 0 Å². The van der Waals surface area contributed by atoms with Crippen LogP contribution in [0.5, 0.6) is 0 Å². The Labute approximate surface area is 214 Å². The minimum Gasteiger partial charge on any atom is -0.454 e. The lowest BCUT2D eigenvalue weighted by atomic mass is 9.44. The van der Waals surface area contributed by atoms with Crippen LogP contribution in [0.4, 0.5) is 4.39 Å². The highest BCUT2D eigenvalue weighted by atomic mass is 19.1. The van der Waals surface area contributed by atoms with Crippen molar-refractivity contribution in [1.29, 1.82) is 0 Å². The summed E-state index contributed by atoms with van der Waals surface area (Å²) in [7, 11) is 0. The summed E-state index contributed by atoms with van der Waals surface area (Å²) in [6, 6.07) is 0. The third-order valence-electron chi connectivity index (χ3n) is 9.58. The van der Waals surface area contributed by atoms with Crippen LogP contribution < -0.4 is 0 Å². The number of allylic oxidation sites excluding steroid dienone is 1. The number of aldehydes is 1. The van der Waals surface area contributed by atoms with Gasteiger partial charge in [0.05, 0.1) is 23.7 Å². The third-order valence-corrected chi connectivity index (χ3v) is 9.58. The largest absolute Gasteiger partial charge is 0.454 e. The van der Waals surface area contributed by atoms with Crippen molar-refractivity contribution in [2.75, 3.05) is 13.5 Å². The molecule has 0 aromatic rings. The number of esters is 1. The zero-order chi connectivity index (χ0) is 27.1. The number of rotatable bonds is 6. The average Bonchev–Trinajstić information content (AvgIpc) is 2.82. The SMILES string of the molecule is CC.CC(=O)O[C@@]12CO[C@@H]1C[C@H](OCF)[C@@]1(C)C(=O)[C@H](CCC=O)C3=C(C)CC[C@@](O)(CC12)C3(C)C. The van der Waals surface area contributed by atoms with Gasteiger partial charge in [-0.3, -0.25) is 9.59 Å². The Kier molecular flexibility index (Phi) is 8.24. The molecule has 1 saturated heterocycles. The molecule has 8 heteroatoms. The fourth-order valence-corrected chi connectivity index (χ4v) is 7.67. The lowest BCUT2D eigenvalue weighted by Gasteiger charge is -2.66. The predicted molar refractivity (Wildman–Crippen MR) is 132 cm³/mol. The summed E-state index contributed by atoms with van der Waals surface area (Å²) in [4.78, 5) is 38.2. The molecule has 3 fully saturated rings. The van der Waals surface area contributed by atoms with Gasteiger partial charge in [0.15, 0.2) is 12.5 Å². The standard InChI is InChI=1S/C26H37FO7.C2H6/c1-15-8-9-25(31)12-18-24(5,22(30)17(7-6-10-28)21(15)23(25,3)4)19(33-14-27)11-20-26(18,13-32-20)34-16(2)29;1-2/h10,17-20,31H,6-9,11-14H2,1-5H3;1-2H3/t17-,18?,19+,20-,24+,25-,26-;/m1./s1. The maximum atomic E-state index is 14.6. The molecule has 3 aliphatic carbocycles. The number of fused-ring (bicyclic) bond motifs is 5. The summed E-state index contributed by atoms with van der Waals surface area (Å²) in [6.07, 6.45) is 1.47. The van der Waals surface area contributed by atoms with Crippen molar-refractivity contribution in [3.8, 4) is 0 Å². The number of aliphatic hydroxyl groups is 1. The predicted octanol–water partition coefficient (Wildman–Crippen LogP) is 4.49. The smallest absolute Gasteiger partial charge is 0.303 e. The van der Waals surface area contributed by atoms with Crippen molar-refractivity contribution < 1.29 is 38.1 Å². The van der Waals surface area contributed by atoms with Gasteiger partial charge in [-0.1, -0.05) is 38.8 Å². The Bertz CT molecular complexity index is 914. The van der Waals surface area contributed by atoms with E-state index in [1.807, 2.05) is 34.6 Å². The van der Waals surface area contributed by atoms with Crippen LogP contribution in [0.1, 0.15) is 87.0 Å². The maximum absolute atomic E-state index is 14.6. The van der Waals surface area contributed by atoms with Crippen molar-refractivity contribution in [1.82, 2.24) is 0 Å². The van der Waals surface area contributed by atoms with E-state index in [1.165, 1.54) is 6.92 Å². The second-order valence-electron chi connectivity index (χ2n) is 11.4. The third kappa shape index (κ3) is 4.08. The first-order chi connectivity index (χ1) is 16.9. The van der Waals surface area contributed by atoms with E-state index in [1.54, 1.807) is 6.92 Å². The zero-order valence-electron chi connectivity index (χ0n) is 22.8. The van der Waals surface area contributed by atoms with Crippen molar-refractivity contribution in [2.45, 2.75) is 110 Å². The Morgan fingerprint density at radius 1 is 1.28 bits per heavy atom. The molecule has 0 aromatic heterocycles. The van der Waals surface area contributed by atoms with E-state index in [9.17, 15) is 23.9 Å². The number of hydrogen-bond donors (Lipinski definition) is 1. The molecule has 2 saturated carbocycles. The van der Waals surface area contributed by atoms with E-state index >= 15 is 0 Å². The minimum absolute atomic E-state index is 0.115. The van der Waals surface area contributed by atoms with Crippen molar-refractivity contribution >= 4 is 18.0 Å². The first kappa shape index (κ1) is 28.9. The van der Waals surface area contributed by atoms with Crippen LogP contribution in [-0.2, 0) is 28.6 Å². The Balaban J connectivity index is 0.00000176. The van der Waals surface area contributed by atoms with Gasteiger partial charge in [-0.05, 0) is 39.5 Å². The lowest BCUT2D eigenvalue weighted by molar-refractivity contribution is -0.331. The van der Waals surface area contributed by atoms with Crippen LogP contribution in [0.25, 0.3) is 0 Å². The van der Waals surface area contributed by atoms with Gasteiger partial charge in [0.2, 0.25) is 0 Å². The molecule has 4 aliphatic rings. The molecule has 36 heavy (non-hydrogen) atoms. The van der Waals surface area contributed by atoms with E-state index in [0.717, 1.165) is 17.4 Å². The van der Waals surface area contributed by atoms with E-state index in [2.05, 4.69) is 0 Å². The molecule has 0 radical (unpaired) electrons. The van der Waals surface area contributed by atoms with Crippen LogP contribution in [0.15, 0.2) is 11.1 Å². The van der Waals surface area contributed by atoms with E-state index in [4.69, 9.17) is 14.2 Å². The molecule has 0 amide bonds. The zero-order valence-corrected chi connectivity index (χ0v) is 22.8. The van der Waals surface area contributed by atoms with Crippen molar-refractivity contribution in [2.24, 2.45) is 22.7 Å². The number of ketones is 1. The number of hydrogen-bond acceptors (Lipinski definition) is 7. The Hall–Kier alpha value is -1.64. The maximum Gasteiger partial charge on any atom is 0.303 e. The van der Waals surface area contributed by atoms with E-state index in [0.29, 0.717) is 19.3 Å². The second-order valence-corrected chi connectivity index (χ2v) is 11.4. The van der Waals surface area contributed by atoms with Gasteiger partial charge < -0.3 is 24.1 Å². The van der Waals surface area contributed by atoms with Crippen molar-refractivity contribution in [3.63, 3.8) is 0 Å². The molecule has 1 N–H and O–H groups in total. The van der Waals surface area contributed by atoms with Crippen LogP contribution in [0, 0.1) is 22.7 Å². The highest BCUT2D eigenvalue weighted by molar-refractivity contribution is 5.91. The minimum atomic E-state index is -1.25. The molecule has 0 spiro atoms. The fourth-order valence-electron chi connectivity index (χ4n) is 7.67. The van der Waals surface area contributed by atoms with Crippen molar-refractivity contribution in [3.05, 3.63) is 11.1 Å². The number of alkyl halides is 1. The first-order valence-electron chi connectivity index (χ1n) is 13.3. The summed E-state index contributed by atoms with van der Waals surface area (Å²) < 4.78 is 30.8. The molecule has 2 bridgehead atoms. The number of carbonyl (C=O) groups is 3. The topological polar surface area (TPSA) is 99.1 Å². The van der Waals surface area contributed by atoms with Gasteiger partial charge in [0.25, 0.3) is 0 Å². The summed E-state index contributed by atoms with van der Waals surface area (Å²) >= 11 is 0. The van der Waals surface area contributed by atoms with E-state index in [-0.39, 0.29) is 31.7 Å². The number of carbonyl (C=O) groups excluding carboxylic acids is 3. The molecule has 204 valence electrons. The van der Waals surface area contributed by atoms with Gasteiger partial charge in [-0.2, -0.15) is 0 Å². The summed E-state index contributed by atoms with van der Waals surface area (Å²) in [5.74, 6) is -1.89. The second kappa shape index (κ2) is 10.3. The van der Waals surface area contributed by atoms with Crippen LogP contribution >= 0.6 is 0 Å². The number of Topliss-reactive ketones (excluding diaryl/α,β-unsaturated/α-hetero) is 1. The van der Waals surface area contributed by atoms with Crippen LogP contribution in [0.3, 0.4) is 0 Å². The molecule has 1 unspecified atom stereocenters. The van der Waals surface area contributed by atoms with Crippen LogP contribution in [-0.4, -0.2) is 60.0 Å². The summed E-state index contributed by atoms with van der Waals surface area (Å²) in [5.41, 5.74) is -2.35. The summed E-state index contributed by atoms with van der Waals surface area (Å²) in [5, 5.41) is 12.2. The van der Waals surface area contributed by atoms with E-state index < -0.39 is 58.9 Å². The molecular weight excluding hydrogens is 467 g/mol. The summed E-state index contributed by atoms with van der Waals surface area (Å²) in [6.45, 7) is 12.1. The molecule has 4 rings (SSSR count). The fraction of sp³-hybridized carbons (Fsp3) is 0.821. The molecular formula is C28H43FO7. The Morgan fingerprint density at radius 2 is 1.94 bits per heavy atom. The first-order valence-corrected chi connectivity index (χ1v) is 13.3. The molecule has 0 aromatic carbocycles. The molecule has 1 heterocycles. The molecule has 1 aliphatic heterocycles.